The van der Waals surface area contributed by atoms with Crippen LogP contribution in [-0.4, -0.2) is 15.2 Å². The molecule has 2 N–H and O–H groups in total. The van der Waals surface area contributed by atoms with Gasteiger partial charge in [-0.3, -0.25) is 0 Å². The summed E-state index contributed by atoms with van der Waals surface area (Å²) in [5.41, 5.74) is 4.23. The Kier molecular flexibility index (Phi) is 4.91. The topological polar surface area (TPSA) is 62.7 Å². The second-order valence-electron chi connectivity index (χ2n) is 5.54. The molecule has 0 bridgehead atoms. The summed E-state index contributed by atoms with van der Waals surface area (Å²) in [7, 11) is 0. The minimum Gasteiger partial charge on any atom is -0.365 e. The number of anilines is 3. The molecule has 0 fully saturated rings. The van der Waals surface area contributed by atoms with E-state index >= 15 is 0 Å². The molecule has 0 spiro atoms. The van der Waals surface area contributed by atoms with Crippen molar-refractivity contribution >= 4 is 29.1 Å². The molecule has 0 aliphatic carbocycles. The Balaban J connectivity index is 1.69. The first kappa shape index (κ1) is 16.2. The lowest BCUT2D eigenvalue weighted by Crippen LogP contribution is -2.06. The summed E-state index contributed by atoms with van der Waals surface area (Å²) >= 11 is 6.13. The standard InChI is InChI=1S/C18H18ClN5/c1-12-6-8-14(9-7-12)10-20-17-11-21-24-18(23-17)22-16-5-3-4-15(19)13(16)2/h3-9,11H,10H2,1-2H3,(H2,20,22,23,24). The van der Waals surface area contributed by atoms with Crippen molar-refractivity contribution in [1.29, 1.82) is 0 Å². The van der Waals surface area contributed by atoms with Gasteiger partial charge in [-0.15, -0.1) is 5.10 Å². The van der Waals surface area contributed by atoms with Gasteiger partial charge >= 0.3 is 0 Å². The van der Waals surface area contributed by atoms with Gasteiger partial charge < -0.3 is 10.6 Å². The predicted octanol–water partition coefficient (Wildman–Crippen LogP) is 4.50. The van der Waals surface area contributed by atoms with Crippen LogP contribution in [0, 0.1) is 13.8 Å². The first-order valence-corrected chi connectivity index (χ1v) is 8.01. The maximum atomic E-state index is 6.13. The van der Waals surface area contributed by atoms with E-state index in [4.69, 9.17) is 11.6 Å². The van der Waals surface area contributed by atoms with Crippen LogP contribution in [0.1, 0.15) is 16.7 Å². The van der Waals surface area contributed by atoms with Crippen LogP contribution < -0.4 is 10.6 Å². The normalized spacial score (nSPS) is 10.5. The molecule has 1 aromatic heterocycles. The van der Waals surface area contributed by atoms with Crippen molar-refractivity contribution in [3.05, 3.63) is 70.4 Å². The number of hydrogen-bond donors (Lipinski definition) is 2. The number of nitrogens with one attached hydrogen (secondary N) is 2. The first-order valence-electron chi connectivity index (χ1n) is 7.63. The zero-order chi connectivity index (χ0) is 16.9. The SMILES string of the molecule is Cc1ccc(CNc2cnnc(Nc3cccc(Cl)c3C)n2)cc1. The number of aromatic nitrogens is 3. The number of rotatable bonds is 5. The maximum absolute atomic E-state index is 6.13. The van der Waals surface area contributed by atoms with Crippen molar-refractivity contribution in [2.75, 3.05) is 10.6 Å². The molecule has 0 radical (unpaired) electrons. The predicted molar refractivity (Wildman–Crippen MR) is 97.8 cm³/mol. The summed E-state index contributed by atoms with van der Waals surface area (Å²) in [6.07, 6.45) is 1.60. The third kappa shape index (κ3) is 4.00. The van der Waals surface area contributed by atoms with Crippen LogP contribution in [0.3, 0.4) is 0 Å². The number of halogens is 1. The number of aryl methyl sites for hydroxylation is 1. The van der Waals surface area contributed by atoms with Crippen LogP contribution in [0.15, 0.2) is 48.7 Å². The molecule has 0 aliphatic heterocycles. The van der Waals surface area contributed by atoms with Gasteiger partial charge in [0.1, 0.15) is 0 Å². The van der Waals surface area contributed by atoms with Crippen molar-refractivity contribution in [2.24, 2.45) is 0 Å². The number of nitrogens with zero attached hydrogens (tertiary/aromatic N) is 3. The van der Waals surface area contributed by atoms with Gasteiger partial charge in [0.15, 0.2) is 5.82 Å². The molecular weight excluding hydrogens is 322 g/mol. The lowest BCUT2D eigenvalue weighted by molar-refractivity contribution is 0.965. The molecule has 6 heteroatoms. The molecule has 0 saturated heterocycles. The lowest BCUT2D eigenvalue weighted by Gasteiger charge is -2.10. The molecule has 122 valence electrons. The highest BCUT2D eigenvalue weighted by atomic mass is 35.5. The van der Waals surface area contributed by atoms with Crippen LogP contribution in [-0.2, 0) is 6.54 Å². The summed E-state index contributed by atoms with van der Waals surface area (Å²) in [4.78, 5) is 4.43. The van der Waals surface area contributed by atoms with Crippen molar-refractivity contribution in [3.63, 3.8) is 0 Å². The van der Waals surface area contributed by atoms with Gasteiger partial charge in [0, 0.05) is 17.3 Å². The molecule has 0 amide bonds. The molecular formula is C18H18ClN5. The highest BCUT2D eigenvalue weighted by molar-refractivity contribution is 6.31. The zero-order valence-corrected chi connectivity index (χ0v) is 14.3. The quantitative estimate of drug-likeness (QED) is 0.716. The Morgan fingerprint density at radius 2 is 1.83 bits per heavy atom. The second-order valence-corrected chi connectivity index (χ2v) is 5.95. The van der Waals surface area contributed by atoms with E-state index in [1.165, 1.54) is 11.1 Å². The van der Waals surface area contributed by atoms with Crippen molar-refractivity contribution in [3.8, 4) is 0 Å². The van der Waals surface area contributed by atoms with E-state index in [9.17, 15) is 0 Å². The van der Waals surface area contributed by atoms with Crippen LogP contribution in [0.5, 0.6) is 0 Å². The van der Waals surface area contributed by atoms with E-state index in [1.807, 2.05) is 25.1 Å². The van der Waals surface area contributed by atoms with Gasteiger partial charge in [-0.1, -0.05) is 47.5 Å². The number of benzene rings is 2. The molecule has 3 aromatic rings. The minimum atomic E-state index is 0.425. The Morgan fingerprint density at radius 3 is 2.62 bits per heavy atom. The Bertz CT molecular complexity index is 833. The Labute approximate surface area is 146 Å². The maximum Gasteiger partial charge on any atom is 0.249 e. The third-order valence-electron chi connectivity index (χ3n) is 3.67. The smallest absolute Gasteiger partial charge is 0.249 e. The Hall–Kier alpha value is -2.66. The summed E-state index contributed by atoms with van der Waals surface area (Å²) in [6, 6.07) is 14.0. The molecule has 3 rings (SSSR count). The van der Waals surface area contributed by atoms with Crippen molar-refractivity contribution in [2.45, 2.75) is 20.4 Å². The van der Waals surface area contributed by atoms with Gasteiger partial charge in [0.05, 0.1) is 6.20 Å². The minimum absolute atomic E-state index is 0.425. The molecule has 1 heterocycles. The molecule has 0 aliphatic rings. The first-order chi connectivity index (χ1) is 11.6. The third-order valence-corrected chi connectivity index (χ3v) is 4.08. The molecule has 0 atom stereocenters. The van der Waals surface area contributed by atoms with E-state index in [1.54, 1.807) is 6.20 Å². The van der Waals surface area contributed by atoms with E-state index in [-0.39, 0.29) is 0 Å². The zero-order valence-electron chi connectivity index (χ0n) is 13.5. The van der Waals surface area contributed by atoms with Crippen LogP contribution in [0.4, 0.5) is 17.5 Å². The fourth-order valence-electron chi connectivity index (χ4n) is 2.20. The molecule has 5 nitrogen and oxygen atoms in total. The number of hydrogen-bond acceptors (Lipinski definition) is 5. The van der Waals surface area contributed by atoms with Gasteiger partial charge in [-0.2, -0.15) is 10.1 Å². The monoisotopic (exact) mass is 339 g/mol. The van der Waals surface area contributed by atoms with Gasteiger partial charge in [0.2, 0.25) is 5.95 Å². The van der Waals surface area contributed by atoms with Crippen LogP contribution in [0.25, 0.3) is 0 Å². The fraction of sp³-hybridized carbons (Fsp3) is 0.167. The molecule has 2 aromatic carbocycles. The van der Waals surface area contributed by atoms with E-state index < -0.39 is 0 Å². The lowest BCUT2D eigenvalue weighted by atomic mass is 10.1. The summed E-state index contributed by atoms with van der Waals surface area (Å²) in [5.74, 6) is 1.09. The largest absolute Gasteiger partial charge is 0.365 e. The summed E-state index contributed by atoms with van der Waals surface area (Å²) in [5, 5.41) is 15.1. The Morgan fingerprint density at radius 1 is 1.04 bits per heavy atom. The van der Waals surface area contributed by atoms with E-state index in [0.29, 0.717) is 23.3 Å². The molecule has 24 heavy (non-hydrogen) atoms. The van der Waals surface area contributed by atoms with Gasteiger partial charge in [-0.25, -0.2) is 0 Å². The highest BCUT2D eigenvalue weighted by Gasteiger charge is 2.05. The highest BCUT2D eigenvalue weighted by Crippen LogP contribution is 2.24. The van der Waals surface area contributed by atoms with Gasteiger partial charge in [0.25, 0.3) is 0 Å². The van der Waals surface area contributed by atoms with Gasteiger partial charge in [-0.05, 0) is 37.1 Å². The second kappa shape index (κ2) is 7.27. The summed E-state index contributed by atoms with van der Waals surface area (Å²) < 4.78 is 0. The van der Waals surface area contributed by atoms with Crippen LogP contribution in [0.2, 0.25) is 5.02 Å². The van der Waals surface area contributed by atoms with Crippen LogP contribution >= 0.6 is 11.6 Å². The van der Waals surface area contributed by atoms with E-state index in [0.717, 1.165) is 11.3 Å². The summed E-state index contributed by atoms with van der Waals surface area (Å²) in [6.45, 7) is 4.69. The molecule has 0 saturated carbocycles. The molecule has 0 unspecified atom stereocenters. The van der Waals surface area contributed by atoms with Crippen molar-refractivity contribution < 1.29 is 0 Å². The fourth-order valence-corrected chi connectivity index (χ4v) is 2.38. The average Bonchev–Trinajstić information content (AvgIpc) is 2.59. The van der Waals surface area contributed by atoms with Crippen molar-refractivity contribution in [1.82, 2.24) is 15.2 Å². The average molecular weight is 340 g/mol. The van der Waals surface area contributed by atoms with E-state index in [2.05, 4.69) is 57.0 Å².